The molecule has 0 aliphatic heterocycles. The summed E-state index contributed by atoms with van der Waals surface area (Å²) < 4.78 is 0. The van der Waals surface area contributed by atoms with Crippen LogP contribution in [-0.2, 0) is 0 Å². The zero-order valence-corrected chi connectivity index (χ0v) is 9.59. The molecule has 1 aromatic rings. The molecule has 1 unspecified atom stereocenters. The van der Waals surface area contributed by atoms with Crippen LogP contribution in [0, 0.1) is 0 Å². The van der Waals surface area contributed by atoms with E-state index in [9.17, 15) is 0 Å². The minimum absolute atomic E-state index is 0. The van der Waals surface area contributed by atoms with Gasteiger partial charge in [-0.2, -0.15) is 0 Å². The van der Waals surface area contributed by atoms with Crippen molar-refractivity contribution in [1.29, 1.82) is 0 Å². The maximum Gasteiger partial charge on any atom is 0.0816 e. The number of rotatable bonds is 2. The lowest BCUT2D eigenvalue weighted by Gasteiger charge is -2.06. The highest BCUT2D eigenvalue weighted by Gasteiger charge is 2.07. The number of thiocarbonyl (C=S) groups is 1. The van der Waals surface area contributed by atoms with E-state index in [-0.39, 0.29) is 30.7 Å². The molecule has 0 aliphatic rings. The van der Waals surface area contributed by atoms with E-state index in [4.69, 9.17) is 18.0 Å². The van der Waals surface area contributed by atoms with Crippen LogP contribution >= 0.6 is 37.0 Å². The lowest BCUT2D eigenvalue weighted by atomic mass is 10.1. The first-order valence-corrected chi connectivity index (χ1v) is 3.83. The van der Waals surface area contributed by atoms with Crippen LogP contribution < -0.4 is 5.73 Å². The Kier molecular flexibility index (Phi) is 8.21. The number of halogens is 2. The molecule has 2 nitrogen and oxygen atoms in total. The van der Waals surface area contributed by atoms with Gasteiger partial charge in [-0.3, -0.25) is 4.98 Å². The first-order chi connectivity index (χ1) is 5.22. The minimum atomic E-state index is 0. The third-order valence-corrected chi connectivity index (χ3v) is 1.91. The second-order valence-electron chi connectivity index (χ2n) is 2.38. The molecule has 74 valence electrons. The van der Waals surface area contributed by atoms with E-state index in [1.807, 2.05) is 25.1 Å². The van der Waals surface area contributed by atoms with Crippen LogP contribution in [0.1, 0.15) is 18.5 Å². The molecule has 0 saturated carbocycles. The van der Waals surface area contributed by atoms with Crippen molar-refractivity contribution in [3.05, 3.63) is 30.1 Å². The third kappa shape index (κ3) is 4.41. The number of nitrogens with two attached hydrogens (primary N) is 1. The van der Waals surface area contributed by atoms with Gasteiger partial charge in [-0.15, -0.1) is 24.8 Å². The van der Waals surface area contributed by atoms with E-state index < -0.39 is 0 Å². The molecule has 0 bridgehead atoms. The molecule has 1 atom stereocenters. The lowest BCUT2D eigenvalue weighted by Crippen LogP contribution is -2.17. The van der Waals surface area contributed by atoms with E-state index in [1.165, 1.54) is 0 Å². The van der Waals surface area contributed by atoms with Gasteiger partial charge in [-0.1, -0.05) is 25.2 Å². The second-order valence-corrected chi connectivity index (χ2v) is 2.85. The molecule has 1 heterocycles. The van der Waals surface area contributed by atoms with Gasteiger partial charge in [0.15, 0.2) is 0 Å². The number of hydrogen-bond donors (Lipinski definition) is 1. The third-order valence-electron chi connectivity index (χ3n) is 1.56. The Bertz CT molecular complexity index is 254. The van der Waals surface area contributed by atoms with Gasteiger partial charge in [-0.25, -0.2) is 0 Å². The van der Waals surface area contributed by atoms with Gasteiger partial charge in [-0.05, 0) is 12.1 Å². The number of aromatic nitrogens is 1. The maximum atomic E-state index is 5.46. The summed E-state index contributed by atoms with van der Waals surface area (Å²) in [6, 6.07) is 5.72. The van der Waals surface area contributed by atoms with Crippen LogP contribution in [0.5, 0.6) is 0 Å². The summed E-state index contributed by atoms with van der Waals surface area (Å²) in [6.07, 6.45) is 1.74. The zero-order chi connectivity index (χ0) is 8.27. The van der Waals surface area contributed by atoms with Gasteiger partial charge in [0.25, 0.3) is 0 Å². The maximum absolute atomic E-state index is 5.46. The Hall–Kier alpha value is -0.380. The number of nitrogens with zero attached hydrogens (tertiary/aromatic N) is 1. The monoisotopic (exact) mass is 238 g/mol. The fourth-order valence-electron chi connectivity index (χ4n) is 0.778. The standard InChI is InChI=1S/C8H10N2S.2ClH/c1-6(8(9)11)7-4-2-3-5-10-7;;/h2-6H,1H3,(H2,9,11);2*1H. The fourth-order valence-corrected chi connectivity index (χ4v) is 0.899. The number of hydrogen-bond acceptors (Lipinski definition) is 2. The molecule has 0 amide bonds. The highest BCUT2D eigenvalue weighted by Crippen LogP contribution is 2.10. The van der Waals surface area contributed by atoms with Crippen molar-refractivity contribution >= 4 is 42.0 Å². The normalized spacial score (nSPS) is 10.5. The Balaban J connectivity index is 0. The van der Waals surface area contributed by atoms with E-state index in [2.05, 4.69) is 4.98 Å². The summed E-state index contributed by atoms with van der Waals surface area (Å²) in [7, 11) is 0. The molecule has 0 aromatic carbocycles. The molecule has 5 heteroatoms. The Morgan fingerprint density at radius 2 is 2.08 bits per heavy atom. The van der Waals surface area contributed by atoms with Crippen LogP contribution in [-0.4, -0.2) is 9.97 Å². The first kappa shape index (κ1) is 15.1. The van der Waals surface area contributed by atoms with Crippen molar-refractivity contribution in [1.82, 2.24) is 4.98 Å². The van der Waals surface area contributed by atoms with Crippen molar-refractivity contribution in [3.63, 3.8) is 0 Å². The molecule has 0 spiro atoms. The second kappa shape index (κ2) is 7.06. The molecule has 1 aromatic heterocycles. The summed E-state index contributed by atoms with van der Waals surface area (Å²) in [5, 5.41) is 0. The summed E-state index contributed by atoms with van der Waals surface area (Å²) in [4.78, 5) is 4.62. The summed E-state index contributed by atoms with van der Waals surface area (Å²) in [5.41, 5.74) is 6.39. The van der Waals surface area contributed by atoms with Gasteiger partial charge in [0.05, 0.1) is 4.99 Å². The van der Waals surface area contributed by atoms with Gasteiger partial charge in [0.1, 0.15) is 0 Å². The average Bonchev–Trinajstić information content (AvgIpc) is 2.05. The van der Waals surface area contributed by atoms with E-state index in [1.54, 1.807) is 6.20 Å². The highest BCUT2D eigenvalue weighted by molar-refractivity contribution is 7.80. The molecule has 0 saturated heterocycles. The molecule has 0 radical (unpaired) electrons. The molecule has 0 aliphatic carbocycles. The van der Waals surface area contributed by atoms with Crippen LogP contribution in [0.15, 0.2) is 24.4 Å². The highest BCUT2D eigenvalue weighted by atomic mass is 35.5. The molecule has 1 rings (SSSR count). The fraction of sp³-hybridized carbons (Fsp3) is 0.250. The van der Waals surface area contributed by atoms with Crippen LogP contribution in [0.3, 0.4) is 0 Å². The predicted octanol–water partition coefficient (Wildman–Crippen LogP) is 2.31. The topological polar surface area (TPSA) is 38.9 Å². The van der Waals surface area contributed by atoms with E-state index in [0.29, 0.717) is 4.99 Å². The predicted molar refractivity (Wildman–Crippen MR) is 63.9 cm³/mol. The lowest BCUT2D eigenvalue weighted by molar-refractivity contribution is 0.954. The molecule has 2 N–H and O–H groups in total. The molecule has 13 heavy (non-hydrogen) atoms. The first-order valence-electron chi connectivity index (χ1n) is 3.42. The van der Waals surface area contributed by atoms with Crippen molar-refractivity contribution in [3.8, 4) is 0 Å². The van der Waals surface area contributed by atoms with Gasteiger partial charge in [0, 0.05) is 17.8 Å². The average molecular weight is 239 g/mol. The Morgan fingerprint density at radius 3 is 2.46 bits per heavy atom. The SMILES string of the molecule is CC(C(N)=S)c1ccccn1.Cl.Cl. The molecular formula is C8H12Cl2N2S. The summed E-state index contributed by atoms with van der Waals surface area (Å²) in [6.45, 7) is 1.95. The van der Waals surface area contributed by atoms with Crippen molar-refractivity contribution in [2.45, 2.75) is 12.8 Å². The van der Waals surface area contributed by atoms with Crippen LogP contribution in [0.4, 0.5) is 0 Å². The van der Waals surface area contributed by atoms with Crippen molar-refractivity contribution < 1.29 is 0 Å². The van der Waals surface area contributed by atoms with E-state index >= 15 is 0 Å². The van der Waals surface area contributed by atoms with Crippen LogP contribution in [0.25, 0.3) is 0 Å². The van der Waals surface area contributed by atoms with Gasteiger partial charge < -0.3 is 5.73 Å². The van der Waals surface area contributed by atoms with Crippen LogP contribution in [0.2, 0.25) is 0 Å². The molecule has 0 fully saturated rings. The minimum Gasteiger partial charge on any atom is -0.393 e. The van der Waals surface area contributed by atoms with Crippen molar-refractivity contribution in [2.75, 3.05) is 0 Å². The largest absolute Gasteiger partial charge is 0.393 e. The summed E-state index contributed by atoms with van der Waals surface area (Å²) in [5.74, 6) is 0.0752. The number of pyridine rings is 1. The molecular weight excluding hydrogens is 227 g/mol. The van der Waals surface area contributed by atoms with E-state index in [0.717, 1.165) is 5.69 Å². The zero-order valence-electron chi connectivity index (χ0n) is 7.14. The Morgan fingerprint density at radius 1 is 1.46 bits per heavy atom. The van der Waals surface area contributed by atoms with Crippen molar-refractivity contribution in [2.24, 2.45) is 5.73 Å². The van der Waals surface area contributed by atoms with Gasteiger partial charge in [0.2, 0.25) is 0 Å². The Labute approximate surface area is 95.8 Å². The quantitative estimate of drug-likeness (QED) is 0.805. The van der Waals surface area contributed by atoms with Gasteiger partial charge >= 0.3 is 0 Å². The summed E-state index contributed by atoms with van der Waals surface area (Å²) >= 11 is 4.84. The smallest absolute Gasteiger partial charge is 0.0816 e.